The van der Waals surface area contributed by atoms with Crippen LogP contribution in [0.5, 0.6) is 0 Å². The van der Waals surface area contributed by atoms with Crippen molar-refractivity contribution in [2.75, 3.05) is 24.7 Å². The van der Waals surface area contributed by atoms with Gasteiger partial charge in [0.15, 0.2) is 0 Å². The van der Waals surface area contributed by atoms with E-state index in [0.29, 0.717) is 17.2 Å². The summed E-state index contributed by atoms with van der Waals surface area (Å²) in [6.07, 6.45) is -2.54. The van der Waals surface area contributed by atoms with E-state index >= 15 is 0 Å². The minimum atomic E-state index is -4.19. The Labute approximate surface area is 100 Å². The van der Waals surface area contributed by atoms with Crippen molar-refractivity contribution in [3.8, 4) is 0 Å². The lowest BCUT2D eigenvalue weighted by molar-refractivity contribution is -0.174. The van der Waals surface area contributed by atoms with Crippen molar-refractivity contribution in [2.24, 2.45) is 5.92 Å². The molecule has 1 saturated heterocycles. The molecule has 90 valence electrons. The maximum Gasteiger partial charge on any atom is 0.411 e. The Morgan fingerprint density at radius 2 is 2.07 bits per heavy atom. The van der Waals surface area contributed by atoms with Gasteiger partial charge in [0.05, 0.1) is 0 Å². The van der Waals surface area contributed by atoms with Gasteiger partial charge in [0.25, 0.3) is 0 Å². The molecule has 0 spiro atoms. The quantitative estimate of drug-likeness (QED) is 0.568. The van der Waals surface area contributed by atoms with Crippen LogP contribution in [0.4, 0.5) is 13.2 Å². The first-order chi connectivity index (χ1) is 6.99. The lowest BCUT2D eigenvalue weighted by atomic mass is 10.0. The fraction of sp³-hybridized carbons (Fsp3) is 1.00. The first-order valence-corrected chi connectivity index (χ1v) is 6.92. The molecule has 0 bridgehead atoms. The summed E-state index contributed by atoms with van der Waals surface area (Å²) in [6.45, 7) is -0.912. The van der Waals surface area contributed by atoms with Gasteiger partial charge in [0.1, 0.15) is 6.61 Å². The highest BCUT2D eigenvalue weighted by Gasteiger charge is 2.28. The number of hydrogen-bond acceptors (Lipinski definition) is 2. The fourth-order valence-corrected chi connectivity index (χ4v) is 4.07. The third-order valence-electron chi connectivity index (χ3n) is 2.25. The molecule has 2 unspecified atom stereocenters. The molecule has 0 N–H and O–H groups in total. The van der Waals surface area contributed by atoms with Crippen molar-refractivity contribution in [1.29, 1.82) is 0 Å². The molecule has 1 heterocycles. The SMILES string of the molecule is FC(F)(F)COCCCC1CSCC1Br. The van der Waals surface area contributed by atoms with Gasteiger partial charge in [-0.2, -0.15) is 24.9 Å². The average molecular weight is 307 g/mol. The zero-order valence-corrected chi connectivity index (χ0v) is 10.6. The molecule has 1 nitrogen and oxygen atoms in total. The Hall–Kier alpha value is 0.580. The second-order valence-corrected chi connectivity index (χ2v) is 5.87. The van der Waals surface area contributed by atoms with Crippen LogP contribution < -0.4 is 0 Å². The van der Waals surface area contributed by atoms with Gasteiger partial charge in [-0.1, -0.05) is 15.9 Å². The summed E-state index contributed by atoms with van der Waals surface area (Å²) in [7, 11) is 0. The highest BCUT2D eigenvalue weighted by molar-refractivity contribution is 9.09. The zero-order valence-electron chi connectivity index (χ0n) is 8.23. The average Bonchev–Trinajstić information content (AvgIpc) is 2.49. The minimum absolute atomic E-state index is 0.209. The van der Waals surface area contributed by atoms with E-state index in [0.717, 1.165) is 17.9 Å². The van der Waals surface area contributed by atoms with E-state index in [2.05, 4.69) is 20.7 Å². The summed E-state index contributed by atoms with van der Waals surface area (Å²) < 4.78 is 39.7. The van der Waals surface area contributed by atoms with Crippen LogP contribution >= 0.6 is 27.7 Å². The Morgan fingerprint density at radius 1 is 1.33 bits per heavy atom. The molecule has 0 aromatic carbocycles. The van der Waals surface area contributed by atoms with Crippen LogP contribution in [0, 0.1) is 5.92 Å². The summed E-state index contributed by atoms with van der Waals surface area (Å²) in [4.78, 5) is 0.519. The molecule has 1 fully saturated rings. The normalized spacial score (nSPS) is 27.2. The van der Waals surface area contributed by atoms with Crippen LogP contribution in [-0.2, 0) is 4.74 Å². The molecular formula is C9H14BrF3OS. The maximum atomic E-state index is 11.7. The highest BCUT2D eigenvalue weighted by atomic mass is 79.9. The topological polar surface area (TPSA) is 9.23 Å². The van der Waals surface area contributed by atoms with Gasteiger partial charge in [-0.15, -0.1) is 0 Å². The molecular weight excluding hydrogens is 293 g/mol. The summed E-state index contributed by atoms with van der Waals surface area (Å²) in [5, 5.41) is 0. The number of ether oxygens (including phenoxy) is 1. The standard InChI is InChI=1S/C9H14BrF3OS/c10-8-5-15-4-7(8)2-1-3-14-6-9(11,12)13/h7-8H,1-6H2. The number of alkyl halides is 4. The Balaban J connectivity index is 1.97. The second-order valence-electron chi connectivity index (χ2n) is 3.62. The van der Waals surface area contributed by atoms with Crippen molar-refractivity contribution in [3.05, 3.63) is 0 Å². The molecule has 0 saturated carbocycles. The molecule has 1 aliphatic rings. The highest BCUT2D eigenvalue weighted by Crippen LogP contribution is 2.32. The molecule has 15 heavy (non-hydrogen) atoms. The number of hydrogen-bond donors (Lipinski definition) is 0. The Morgan fingerprint density at radius 3 is 2.60 bits per heavy atom. The van der Waals surface area contributed by atoms with E-state index in [4.69, 9.17) is 0 Å². The van der Waals surface area contributed by atoms with Crippen LogP contribution in [0.3, 0.4) is 0 Å². The number of halogens is 4. The third kappa shape index (κ3) is 6.02. The summed E-state index contributed by atoms with van der Waals surface area (Å²) in [5.74, 6) is 2.80. The van der Waals surface area contributed by atoms with Crippen LogP contribution in [0.15, 0.2) is 0 Å². The number of thioether (sulfide) groups is 1. The van der Waals surface area contributed by atoms with E-state index in [9.17, 15) is 13.2 Å². The second kappa shape index (κ2) is 6.35. The molecule has 0 aliphatic carbocycles. The number of rotatable bonds is 5. The van der Waals surface area contributed by atoms with E-state index in [1.807, 2.05) is 11.8 Å². The lowest BCUT2D eigenvalue weighted by Crippen LogP contribution is -2.18. The molecule has 0 aromatic heterocycles. The molecule has 1 aliphatic heterocycles. The Bertz CT molecular complexity index is 189. The zero-order chi connectivity index (χ0) is 11.3. The predicted molar refractivity (Wildman–Crippen MR) is 59.6 cm³/mol. The van der Waals surface area contributed by atoms with Crippen LogP contribution in [-0.4, -0.2) is 35.7 Å². The van der Waals surface area contributed by atoms with Crippen molar-refractivity contribution >= 4 is 27.7 Å². The summed E-state index contributed by atoms with van der Waals surface area (Å²) in [6, 6.07) is 0. The molecule has 1 rings (SSSR count). The van der Waals surface area contributed by atoms with Gasteiger partial charge in [-0.25, -0.2) is 0 Å². The van der Waals surface area contributed by atoms with E-state index < -0.39 is 12.8 Å². The third-order valence-corrected chi connectivity index (χ3v) is 5.01. The van der Waals surface area contributed by atoms with E-state index in [-0.39, 0.29) is 6.61 Å². The maximum absolute atomic E-state index is 11.7. The molecule has 0 aromatic rings. The van der Waals surface area contributed by atoms with Crippen LogP contribution in [0.25, 0.3) is 0 Å². The van der Waals surface area contributed by atoms with Crippen LogP contribution in [0.2, 0.25) is 0 Å². The van der Waals surface area contributed by atoms with Crippen molar-refractivity contribution < 1.29 is 17.9 Å². The first kappa shape index (κ1) is 13.6. The van der Waals surface area contributed by atoms with E-state index in [1.165, 1.54) is 0 Å². The molecule has 0 radical (unpaired) electrons. The molecule has 0 amide bonds. The molecule has 2 atom stereocenters. The van der Waals surface area contributed by atoms with Gasteiger partial charge < -0.3 is 4.74 Å². The predicted octanol–water partition coefficient (Wildman–Crippen LogP) is 3.47. The van der Waals surface area contributed by atoms with Gasteiger partial charge in [0, 0.05) is 17.2 Å². The first-order valence-electron chi connectivity index (χ1n) is 4.85. The van der Waals surface area contributed by atoms with Gasteiger partial charge >= 0.3 is 6.18 Å². The van der Waals surface area contributed by atoms with Gasteiger partial charge in [-0.3, -0.25) is 0 Å². The summed E-state index contributed by atoms with van der Waals surface area (Å²) in [5.41, 5.74) is 0. The van der Waals surface area contributed by atoms with E-state index in [1.54, 1.807) is 0 Å². The van der Waals surface area contributed by atoms with Gasteiger partial charge in [0.2, 0.25) is 0 Å². The van der Waals surface area contributed by atoms with Gasteiger partial charge in [-0.05, 0) is 24.5 Å². The van der Waals surface area contributed by atoms with Crippen molar-refractivity contribution in [2.45, 2.75) is 23.8 Å². The lowest BCUT2D eigenvalue weighted by Gasteiger charge is -2.13. The largest absolute Gasteiger partial charge is 0.411 e. The monoisotopic (exact) mass is 306 g/mol. The smallest absolute Gasteiger partial charge is 0.372 e. The van der Waals surface area contributed by atoms with Crippen LogP contribution in [0.1, 0.15) is 12.8 Å². The Kier molecular flexibility index (Phi) is 5.77. The summed E-state index contributed by atoms with van der Waals surface area (Å²) >= 11 is 5.45. The fourth-order valence-electron chi connectivity index (χ4n) is 1.47. The van der Waals surface area contributed by atoms with Crippen molar-refractivity contribution in [1.82, 2.24) is 0 Å². The minimum Gasteiger partial charge on any atom is -0.372 e. The van der Waals surface area contributed by atoms with Crippen molar-refractivity contribution in [3.63, 3.8) is 0 Å². The molecule has 6 heteroatoms.